The third-order valence-corrected chi connectivity index (χ3v) is 4.81. The first kappa shape index (κ1) is 18.0. The topological polar surface area (TPSA) is 52.6 Å². The largest absolute Gasteiger partial charge is 0.392 e. The highest BCUT2D eigenvalue weighted by Crippen LogP contribution is 2.23. The number of aliphatic hydroxyl groups excluding tert-OH is 1. The predicted molar refractivity (Wildman–Crippen MR) is 94.8 cm³/mol. The van der Waals surface area contributed by atoms with E-state index in [1.54, 1.807) is 0 Å². The molecular weight excluding hydrogens is 288 g/mol. The number of aliphatic hydroxyl groups is 1. The minimum absolute atomic E-state index is 0.00950. The lowest BCUT2D eigenvalue weighted by atomic mass is 9.96. The van der Waals surface area contributed by atoms with E-state index >= 15 is 0 Å². The van der Waals surface area contributed by atoms with Crippen LogP contribution in [0.25, 0.3) is 0 Å². The summed E-state index contributed by atoms with van der Waals surface area (Å²) in [5.74, 6) is 0.00950. The Morgan fingerprint density at radius 2 is 1.96 bits per heavy atom. The van der Waals surface area contributed by atoms with Gasteiger partial charge in [-0.2, -0.15) is 0 Å². The van der Waals surface area contributed by atoms with E-state index in [4.69, 9.17) is 0 Å². The Bertz CT molecular complexity index is 533. The number of nitrogens with zero attached hydrogens (tertiary/aromatic N) is 1. The maximum atomic E-state index is 12.5. The van der Waals surface area contributed by atoms with Gasteiger partial charge in [0.05, 0.1) is 12.6 Å². The summed E-state index contributed by atoms with van der Waals surface area (Å²) in [6, 6.07) is 4.29. The van der Waals surface area contributed by atoms with Crippen molar-refractivity contribution in [3.8, 4) is 0 Å². The Morgan fingerprint density at radius 1 is 1.30 bits per heavy atom. The van der Waals surface area contributed by atoms with E-state index in [1.165, 1.54) is 5.56 Å². The molecule has 0 aromatic heterocycles. The Hall–Kier alpha value is -1.39. The van der Waals surface area contributed by atoms with Crippen molar-refractivity contribution in [1.29, 1.82) is 0 Å². The fourth-order valence-electron chi connectivity index (χ4n) is 3.66. The molecule has 1 fully saturated rings. The molecule has 0 aliphatic carbocycles. The summed E-state index contributed by atoms with van der Waals surface area (Å²) >= 11 is 0. The molecule has 1 saturated heterocycles. The Labute approximate surface area is 139 Å². The van der Waals surface area contributed by atoms with Gasteiger partial charge in [-0.05, 0) is 57.7 Å². The van der Waals surface area contributed by atoms with E-state index in [-0.39, 0.29) is 18.1 Å². The number of piperidine rings is 1. The van der Waals surface area contributed by atoms with Crippen LogP contribution in [0.15, 0.2) is 12.1 Å². The van der Waals surface area contributed by atoms with Crippen molar-refractivity contribution >= 4 is 11.6 Å². The summed E-state index contributed by atoms with van der Waals surface area (Å²) < 4.78 is 0. The molecule has 1 amide bonds. The quantitative estimate of drug-likeness (QED) is 0.877. The number of hydrogen-bond donors (Lipinski definition) is 2. The van der Waals surface area contributed by atoms with Crippen LogP contribution in [0, 0.1) is 20.8 Å². The average Bonchev–Trinajstić information content (AvgIpc) is 2.50. The lowest BCUT2D eigenvalue weighted by molar-refractivity contribution is -0.119. The lowest BCUT2D eigenvalue weighted by Gasteiger charge is -2.37. The van der Waals surface area contributed by atoms with E-state index in [9.17, 15) is 9.90 Å². The second-order valence-electron chi connectivity index (χ2n) is 6.83. The van der Waals surface area contributed by atoms with Gasteiger partial charge in [-0.25, -0.2) is 0 Å². The van der Waals surface area contributed by atoms with Crippen LogP contribution in [0.5, 0.6) is 0 Å². The second-order valence-corrected chi connectivity index (χ2v) is 6.83. The van der Waals surface area contributed by atoms with Crippen molar-refractivity contribution in [3.63, 3.8) is 0 Å². The van der Waals surface area contributed by atoms with Crippen LogP contribution >= 0.6 is 0 Å². The smallest absolute Gasteiger partial charge is 0.238 e. The van der Waals surface area contributed by atoms with Crippen LogP contribution in [0.2, 0.25) is 0 Å². The molecule has 2 rings (SSSR count). The highest BCUT2D eigenvalue weighted by Gasteiger charge is 2.29. The molecule has 1 aliphatic rings. The molecule has 1 aromatic carbocycles. The van der Waals surface area contributed by atoms with Gasteiger partial charge in [0.1, 0.15) is 0 Å². The number of likely N-dealkylation sites (tertiary alicyclic amines) is 1. The van der Waals surface area contributed by atoms with Crippen molar-refractivity contribution in [3.05, 3.63) is 28.8 Å². The summed E-state index contributed by atoms with van der Waals surface area (Å²) in [7, 11) is 0. The monoisotopic (exact) mass is 318 g/mol. The highest BCUT2D eigenvalue weighted by atomic mass is 16.3. The third kappa shape index (κ3) is 4.55. The van der Waals surface area contributed by atoms with Gasteiger partial charge in [-0.1, -0.05) is 31.0 Å². The zero-order valence-corrected chi connectivity index (χ0v) is 14.9. The van der Waals surface area contributed by atoms with Crippen LogP contribution in [-0.4, -0.2) is 41.1 Å². The summed E-state index contributed by atoms with van der Waals surface area (Å²) in [5.41, 5.74) is 4.32. The van der Waals surface area contributed by atoms with Crippen LogP contribution in [0.1, 0.15) is 49.3 Å². The third-order valence-electron chi connectivity index (χ3n) is 4.81. The average molecular weight is 318 g/mol. The summed E-state index contributed by atoms with van der Waals surface area (Å²) in [5, 5.41) is 13.3. The predicted octanol–water partition coefficient (Wildman–Crippen LogP) is 3.18. The van der Waals surface area contributed by atoms with Gasteiger partial charge >= 0.3 is 0 Å². The highest BCUT2D eigenvalue weighted by molar-refractivity contribution is 5.93. The van der Waals surface area contributed by atoms with Gasteiger partial charge in [0.25, 0.3) is 0 Å². The Kier molecular flexibility index (Phi) is 6.19. The molecule has 1 aliphatic heterocycles. The first-order valence-corrected chi connectivity index (χ1v) is 8.72. The van der Waals surface area contributed by atoms with Gasteiger partial charge < -0.3 is 10.4 Å². The van der Waals surface area contributed by atoms with Gasteiger partial charge in [-0.15, -0.1) is 0 Å². The summed E-state index contributed by atoms with van der Waals surface area (Å²) in [6.07, 6.45) is 3.61. The SMILES string of the molecule is CCC(O)C1CCCCN1CC(=O)Nc1c(C)cc(C)cc1C. The molecule has 0 saturated carbocycles. The fraction of sp³-hybridized carbons (Fsp3) is 0.632. The van der Waals surface area contributed by atoms with Crippen molar-refractivity contribution in [2.75, 3.05) is 18.4 Å². The van der Waals surface area contributed by atoms with Crippen LogP contribution in [-0.2, 0) is 4.79 Å². The molecule has 0 spiro atoms. The van der Waals surface area contributed by atoms with E-state index in [1.807, 2.05) is 20.8 Å². The summed E-state index contributed by atoms with van der Waals surface area (Å²) in [6.45, 7) is 9.36. The normalized spacial score (nSPS) is 20.3. The van der Waals surface area contributed by atoms with Crippen molar-refractivity contribution in [2.45, 2.75) is 65.5 Å². The lowest BCUT2D eigenvalue weighted by Crippen LogP contribution is -2.49. The molecule has 4 heteroatoms. The Balaban J connectivity index is 2.04. The number of amides is 1. The maximum Gasteiger partial charge on any atom is 0.238 e. The molecule has 4 nitrogen and oxygen atoms in total. The maximum absolute atomic E-state index is 12.5. The van der Waals surface area contributed by atoms with Crippen LogP contribution in [0.3, 0.4) is 0 Å². The molecule has 1 aromatic rings. The van der Waals surface area contributed by atoms with Crippen molar-refractivity contribution < 1.29 is 9.90 Å². The molecule has 2 atom stereocenters. The minimum Gasteiger partial charge on any atom is -0.392 e. The van der Waals surface area contributed by atoms with E-state index in [2.05, 4.69) is 29.3 Å². The first-order chi connectivity index (χ1) is 10.9. The fourth-order valence-corrected chi connectivity index (χ4v) is 3.66. The number of nitrogens with one attached hydrogen (secondary N) is 1. The van der Waals surface area contributed by atoms with Gasteiger partial charge in [0.15, 0.2) is 0 Å². The van der Waals surface area contributed by atoms with Gasteiger partial charge in [0, 0.05) is 11.7 Å². The molecule has 1 heterocycles. The molecule has 128 valence electrons. The molecule has 0 bridgehead atoms. The number of anilines is 1. The van der Waals surface area contributed by atoms with E-state index in [0.717, 1.165) is 49.0 Å². The number of aryl methyl sites for hydroxylation is 3. The van der Waals surface area contributed by atoms with E-state index < -0.39 is 0 Å². The number of carbonyl (C=O) groups is 1. The van der Waals surface area contributed by atoms with Crippen LogP contribution < -0.4 is 5.32 Å². The van der Waals surface area contributed by atoms with Crippen molar-refractivity contribution in [1.82, 2.24) is 4.90 Å². The molecular formula is C19H30N2O2. The number of rotatable bonds is 5. The van der Waals surface area contributed by atoms with Crippen molar-refractivity contribution in [2.24, 2.45) is 0 Å². The second kappa shape index (κ2) is 7.93. The minimum atomic E-state index is -0.342. The zero-order valence-electron chi connectivity index (χ0n) is 14.9. The molecule has 23 heavy (non-hydrogen) atoms. The molecule has 0 radical (unpaired) electrons. The molecule has 2 unspecified atom stereocenters. The molecule has 2 N–H and O–H groups in total. The van der Waals surface area contributed by atoms with Gasteiger partial charge in [0.2, 0.25) is 5.91 Å². The van der Waals surface area contributed by atoms with Gasteiger partial charge in [-0.3, -0.25) is 9.69 Å². The van der Waals surface area contributed by atoms with E-state index in [0.29, 0.717) is 6.54 Å². The van der Waals surface area contributed by atoms with Crippen LogP contribution in [0.4, 0.5) is 5.69 Å². The standard InChI is InChI=1S/C19H30N2O2/c1-5-17(22)16-8-6-7-9-21(16)12-18(23)20-19-14(3)10-13(2)11-15(19)4/h10-11,16-17,22H,5-9,12H2,1-4H3,(H,20,23). The number of benzene rings is 1. The Morgan fingerprint density at radius 3 is 2.57 bits per heavy atom. The number of hydrogen-bond acceptors (Lipinski definition) is 3. The summed E-state index contributed by atoms with van der Waals surface area (Å²) in [4.78, 5) is 14.6. The number of carbonyl (C=O) groups excluding carboxylic acids is 1. The first-order valence-electron chi connectivity index (χ1n) is 8.72. The zero-order chi connectivity index (χ0) is 17.0.